The van der Waals surface area contributed by atoms with Gasteiger partial charge >= 0.3 is 0 Å². The van der Waals surface area contributed by atoms with E-state index in [4.69, 9.17) is 5.73 Å². The molecule has 35 heavy (non-hydrogen) atoms. The maximum Gasteiger partial charge on any atom is 0.241 e. The minimum absolute atomic E-state index is 0.0685. The summed E-state index contributed by atoms with van der Waals surface area (Å²) in [5.74, 6) is -3.86. The Morgan fingerprint density at radius 2 is 1.51 bits per heavy atom. The fourth-order valence-corrected chi connectivity index (χ4v) is 3.42. The smallest absolute Gasteiger partial charge is 0.241 e. The first-order valence-corrected chi connectivity index (χ1v) is 10.9. The fraction of sp³-hybridized carbons (Fsp3) is 0.308. The van der Waals surface area contributed by atoms with E-state index in [0.29, 0.717) is 23.5 Å². The fourth-order valence-electron chi connectivity index (χ4n) is 3.42. The molecule has 0 saturated carbocycles. The van der Waals surface area contributed by atoms with Gasteiger partial charge in [-0.1, -0.05) is 20.8 Å². The lowest BCUT2D eigenvalue weighted by Crippen LogP contribution is -2.28. The summed E-state index contributed by atoms with van der Waals surface area (Å²) in [5, 5.41) is 0. The van der Waals surface area contributed by atoms with Crippen molar-refractivity contribution in [3.8, 4) is 11.3 Å². The second kappa shape index (κ2) is 9.93. The Morgan fingerprint density at radius 1 is 0.886 bits per heavy atom. The average molecular weight is 486 g/mol. The molecule has 0 unspecified atom stereocenters. The van der Waals surface area contributed by atoms with Gasteiger partial charge < -0.3 is 5.73 Å². The third kappa shape index (κ3) is 6.49. The van der Waals surface area contributed by atoms with Crippen LogP contribution in [0.15, 0.2) is 53.2 Å². The summed E-state index contributed by atoms with van der Waals surface area (Å²) < 4.78 is 54.6. The summed E-state index contributed by atoms with van der Waals surface area (Å²) in [5.41, 5.74) is 7.48. The lowest BCUT2D eigenvalue weighted by molar-refractivity contribution is 0.410. The van der Waals surface area contributed by atoms with E-state index in [-0.39, 0.29) is 16.7 Å². The number of hydrogen-bond donors (Lipinski definition) is 1. The number of hydrogen-bond acceptors (Lipinski definition) is 5. The first-order valence-electron chi connectivity index (χ1n) is 10.9. The summed E-state index contributed by atoms with van der Waals surface area (Å²) in [6.07, 6.45) is 3.45. The number of halogens is 4. The standard InChI is InChI=1S/C26H27F4N5/c1-25(2,3)14-15-12-18(16-6-8-21(27)34-23(16)29)33-20(13-15)26(4,5)19(31)10-11-32-17-7-9-22(28)35-24(17)30/h6-13H,14,31H2,1-5H3. The number of aromatic nitrogens is 3. The molecule has 0 aliphatic rings. The predicted octanol–water partition coefficient (Wildman–Crippen LogP) is 6.21. The number of rotatable bonds is 6. The number of nitrogens with zero attached hydrogens (tertiary/aromatic N) is 4. The molecule has 0 bridgehead atoms. The number of allylic oxidation sites excluding steroid dienone is 2. The highest BCUT2D eigenvalue weighted by Crippen LogP contribution is 2.33. The monoisotopic (exact) mass is 485 g/mol. The van der Waals surface area contributed by atoms with E-state index in [1.165, 1.54) is 24.4 Å². The summed E-state index contributed by atoms with van der Waals surface area (Å²) in [6.45, 7) is 9.89. The lowest BCUT2D eigenvalue weighted by Gasteiger charge is -2.27. The molecule has 0 aliphatic carbocycles. The first-order chi connectivity index (χ1) is 16.3. The zero-order chi connectivity index (χ0) is 26.0. The molecule has 5 nitrogen and oxygen atoms in total. The highest BCUT2D eigenvalue weighted by Gasteiger charge is 2.27. The third-order valence-corrected chi connectivity index (χ3v) is 5.34. The van der Waals surface area contributed by atoms with Crippen molar-refractivity contribution in [1.82, 2.24) is 15.0 Å². The van der Waals surface area contributed by atoms with Crippen LogP contribution in [0.1, 0.15) is 45.9 Å². The molecule has 0 aromatic carbocycles. The highest BCUT2D eigenvalue weighted by molar-refractivity contribution is 5.75. The van der Waals surface area contributed by atoms with Crippen LogP contribution in [0.25, 0.3) is 11.3 Å². The van der Waals surface area contributed by atoms with Crippen LogP contribution in [0.4, 0.5) is 23.2 Å². The Hall–Kier alpha value is -3.62. The molecular formula is C26H27F4N5. The van der Waals surface area contributed by atoms with Gasteiger partial charge in [-0.05, 0) is 73.7 Å². The van der Waals surface area contributed by atoms with E-state index in [9.17, 15) is 17.6 Å². The van der Waals surface area contributed by atoms with Crippen LogP contribution in [0, 0.1) is 29.2 Å². The molecule has 184 valence electrons. The molecule has 2 N–H and O–H groups in total. The zero-order valence-electron chi connectivity index (χ0n) is 20.2. The minimum Gasteiger partial charge on any atom is -0.401 e. The van der Waals surface area contributed by atoms with Gasteiger partial charge in [-0.2, -0.15) is 27.5 Å². The number of nitrogens with two attached hydrogens (primary N) is 1. The van der Waals surface area contributed by atoms with Gasteiger partial charge in [0.15, 0.2) is 0 Å². The topological polar surface area (TPSA) is 77.0 Å². The molecule has 0 radical (unpaired) electrons. The van der Waals surface area contributed by atoms with Crippen molar-refractivity contribution in [2.45, 2.75) is 46.5 Å². The molecule has 0 amide bonds. The SMILES string of the molecule is CC(C)(C)Cc1cc(-c2ccc(F)nc2F)nc(C(C)(C)C(N)=CC=Nc2ccc(F)nc2F)c1. The Balaban J connectivity index is 2.03. The zero-order valence-corrected chi connectivity index (χ0v) is 20.2. The number of pyridine rings is 3. The summed E-state index contributed by atoms with van der Waals surface area (Å²) >= 11 is 0. The quantitative estimate of drug-likeness (QED) is 0.256. The predicted molar refractivity (Wildman–Crippen MR) is 128 cm³/mol. The largest absolute Gasteiger partial charge is 0.401 e. The molecule has 3 heterocycles. The van der Waals surface area contributed by atoms with Crippen LogP contribution in [-0.4, -0.2) is 21.2 Å². The van der Waals surface area contributed by atoms with Gasteiger partial charge in [-0.3, -0.25) is 9.98 Å². The summed E-state index contributed by atoms with van der Waals surface area (Å²) in [7, 11) is 0. The van der Waals surface area contributed by atoms with Crippen LogP contribution in [0.5, 0.6) is 0 Å². The van der Waals surface area contributed by atoms with Gasteiger partial charge in [-0.15, -0.1) is 0 Å². The van der Waals surface area contributed by atoms with Crippen molar-refractivity contribution < 1.29 is 17.6 Å². The molecular weight excluding hydrogens is 458 g/mol. The average Bonchev–Trinajstić information content (AvgIpc) is 2.73. The Bertz CT molecular complexity index is 1290. The second-order valence-electron chi connectivity index (χ2n) is 9.92. The van der Waals surface area contributed by atoms with E-state index in [1.54, 1.807) is 6.07 Å². The summed E-state index contributed by atoms with van der Waals surface area (Å²) in [6, 6.07) is 8.20. The van der Waals surface area contributed by atoms with Crippen LogP contribution >= 0.6 is 0 Å². The van der Waals surface area contributed by atoms with Crippen LogP contribution in [0.2, 0.25) is 0 Å². The minimum atomic E-state index is -1.04. The van der Waals surface area contributed by atoms with Gasteiger partial charge in [0.1, 0.15) is 5.69 Å². The van der Waals surface area contributed by atoms with Crippen LogP contribution < -0.4 is 5.73 Å². The van der Waals surface area contributed by atoms with Gasteiger partial charge in [0.05, 0.1) is 17.0 Å². The van der Waals surface area contributed by atoms with Crippen molar-refractivity contribution >= 4 is 11.9 Å². The molecule has 3 rings (SSSR count). The maximum absolute atomic E-state index is 14.5. The lowest BCUT2D eigenvalue weighted by atomic mass is 9.82. The van der Waals surface area contributed by atoms with E-state index in [2.05, 4.69) is 40.7 Å². The molecule has 0 atom stereocenters. The Labute approximate surface area is 201 Å². The normalized spacial score (nSPS) is 13.0. The van der Waals surface area contributed by atoms with E-state index < -0.39 is 29.2 Å². The first kappa shape index (κ1) is 26.0. The van der Waals surface area contributed by atoms with Crippen molar-refractivity contribution in [1.29, 1.82) is 0 Å². The molecule has 0 spiro atoms. The van der Waals surface area contributed by atoms with Crippen molar-refractivity contribution in [3.05, 3.63) is 83.2 Å². The van der Waals surface area contributed by atoms with E-state index >= 15 is 0 Å². The Morgan fingerprint density at radius 3 is 2.11 bits per heavy atom. The van der Waals surface area contributed by atoms with Crippen molar-refractivity contribution in [3.63, 3.8) is 0 Å². The van der Waals surface area contributed by atoms with Crippen molar-refractivity contribution in [2.24, 2.45) is 16.1 Å². The van der Waals surface area contributed by atoms with Gasteiger partial charge in [0.2, 0.25) is 23.8 Å². The van der Waals surface area contributed by atoms with Crippen molar-refractivity contribution in [2.75, 3.05) is 0 Å². The molecule has 0 fully saturated rings. The van der Waals surface area contributed by atoms with Gasteiger partial charge in [0, 0.05) is 17.3 Å². The van der Waals surface area contributed by atoms with E-state index in [0.717, 1.165) is 17.7 Å². The summed E-state index contributed by atoms with van der Waals surface area (Å²) in [4.78, 5) is 14.9. The molecule has 0 aliphatic heterocycles. The molecule has 0 saturated heterocycles. The Kier molecular flexibility index (Phi) is 7.38. The molecule has 3 aromatic rings. The van der Waals surface area contributed by atoms with Crippen LogP contribution in [-0.2, 0) is 11.8 Å². The third-order valence-electron chi connectivity index (χ3n) is 5.34. The number of aliphatic imine (C=N–C) groups is 1. The van der Waals surface area contributed by atoms with Gasteiger partial charge in [0.25, 0.3) is 0 Å². The second-order valence-corrected chi connectivity index (χ2v) is 9.92. The van der Waals surface area contributed by atoms with Crippen LogP contribution in [0.3, 0.4) is 0 Å². The van der Waals surface area contributed by atoms with Gasteiger partial charge in [-0.25, -0.2) is 0 Å². The molecule has 3 aromatic heterocycles. The molecule has 9 heteroatoms. The highest BCUT2D eigenvalue weighted by atomic mass is 19.1. The maximum atomic E-state index is 14.5. The van der Waals surface area contributed by atoms with E-state index in [1.807, 2.05) is 19.9 Å².